The number of halogens is 3. The number of hydrogen-bond acceptors (Lipinski definition) is 8. The lowest BCUT2D eigenvalue weighted by molar-refractivity contribution is -0.138. The monoisotopic (exact) mass is 584 g/mol. The van der Waals surface area contributed by atoms with Crippen molar-refractivity contribution in [1.29, 1.82) is 0 Å². The molecule has 4 rings (SSSR count). The minimum absolute atomic E-state index is 0.0534. The van der Waals surface area contributed by atoms with E-state index in [4.69, 9.17) is 0 Å². The van der Waals surface area contributed by atoms with Gasteiger partial charge in [-0.3, -0.25) is 14.1 Å². The van der Waals surface area contributed by atoms with Crippen molar-refractivity contribution in [2.24, 2.45) is 0 Å². The zero-order valence-corrected chi connectivity index (χ0v) is 23.1. The molecule has 0 radical (unpaired) electrons. The lowest BCUT2D eigenvalue weighted by atomic mass is 10.0. The SMILES string of the molecule is CN(c1ncccc1CCc1nc(Nc2ccc(C(=O)CCc3ccccn3)cc2)ncc1C(F)(F)F)S(C)(=O)=O. The zero-order valence-electron chi connectivity index (χ0n) is 22.3. The molecule has 1 N–H and O–H groups in total. The van der Waals surface area contributed by atoms with Gasteiger partial charge in [0.05, 0.1) is 17.5 Å². The highest BCUT2D eigenvalue weighted by molar-refractivity contribution is 7.92. The van der Waals surface area contributed by atoms with Crippen LogP contribution in [0.4, 0.5) is 30.6 Å². The molecule has 0 aliphatic rings. The Morgan fingerprint density at radius 3 is 2.32 bits per heavy atom. The number of rotatable bonds is 11. The highest BCUT2D eigenvalue weighted by Gasteiger charge is 2.35. The maximum absolute atomic E-state index is 13.8. The molecule has 41 heavy (non-hydrogen) atoms. The van der Waals surface area contributed by atoms with E-state index in [2.05, 4.69) is 25.3 Å². The molecule has 13 heteroatoms. The molecule has 3 aromatic heterocycles. The maximum atomic E-state index is 13.8. The molecule has 9 nitrogen and oxygen atoms in total. The number of anilines is 3. The summed E-state index contributed by atoms with van der Waals surface area (Å²) in [4.78, 5) is 28.8. The fourth-order valence-corrected chi connectivity index (χ4v) is 4.50. The third-order valence-corrected chi connectivity index (χ3v) is 7.43. The van der Waals surface area contributed by atoms with Crippen molar-refractivity contribution in [2.45, 2.75) is 31.9 Å². The second-order valence-corrected chi connectivity index (χ2v) is 11.2. The lowest BCUT2D eigenvalue weighted by Gasteiger charge is -2.19. The predicted molar refractivity (Wildman–Crippen MR) is 149 cm³/mol. The van der Waals surface area contributed by atoms with E-state index in [1.165, 1.54) is 13.2 Å². The molecule has 4 aromatic rings. The quantitative estimate of drug-likeness (QED) is 0.244. The molecule has 3 heterocycles. The molecule has 0 atom stereocenters. The van der Waals surface area contributed by atoms with Gasteiger partial charge in [-0.2, -0.15) is 13.2 Å². The van der Waals surface area contributed by atoms with Crippen LogP contribution in [0.2, 0.25) is 0 Å². The van der Waals surface area contributed by atoms with Gasteiger partial charge in [-0.25, -0.2) is 23.4 Å². The van der Waals surface area contributed by atoms with Gasteiger partial charge in [-0.15, -0.1) is 0 Å². The van der Waals surface area contributed by atoms with Gasteiger partial charge in [0.2, 0.25) is 16.0 Å². The minimum Gasteiger partial charge on any atom is -0.324 e. The molecule has 0 amide bonds. The molecule has 0 spiro atoms. The summed E-state index contributed by atoms with van der Waals surface area (Å²) in [5.41, 5.74) is 1.00. The highest BCUT2D eigenvalue weighted by atomic mass is 32.2. The fraction of sp³-hybridized carbons (Fsp3) is 0.250. The van der Waals surface area contributed by atoms with Gasteiger partial charge in [0.25, 0.3) is 0 Å². The molecule has 0 aliphatic carbocycles. The number of nitrogens with zero attached hydrogens (tertiary/aromatic N) is 5. The largest absolute Gasteiger partial charge is 0.419 e. The number of carbonyl (C=O) groups excluding carboxylic acids is 1. The van der Waals surface area contributed by atoms with E-state index < -0.39 is 21.8 Å². The van der Waals surface area contributed by atoms with E-state index in [9.17, 15) is 26.4 Å². The number of nitrogens with one attached hydrogen (secondary N) is 1. The summed E-state index contributed by atoms with van der Waals surface area (Å²) in [6.45, 7) is 0. The van der Waals surface area contributed by atoms with Crippen molar-refractivity contribution in [2.75, 3.05) is 22.9 Å². The average molecular weight is 585 g/mol. The van der Waals surface area contributed by atoms with Gasteiger partial charge in [0, 0.05) is 49.0 Å². The minimum atomic E-state index is -4.69. The summed E-state index contributed by atoms with van der Waals surface area (Å²) in [7, 11) is -2.30. The Labute approximate surface area is 235 Å². The Bertz CT molecular complexity index is 1620. The molecular formula is C28H27F3N6O3S. The maximum Gasteiger partial charge on any atom is 0.419 e. The third kappa shape index (κ3) is 7.84. The number of alkyl halides is 3. The van der Waals surface area contributed by atoms with Crippen LogP contribution in [0.5, 0.6) is 0 Å². The summed E-state index contributed by atoms with van der Waals surface area (Å²) < 4.78 is 66.2. The average Bonchev–Trinajstić information content (AvgIpc) is 2.94. The van der Waals surface area contributed by atoms with Crippen molar-refractivity contribution in [3.05, 3.63) is 101 Å². The van der Waals surface area contributed by atoms with Crippen LogP contribution >= 0.6 is 0 Å². The van der Waals surface area contributed by atoms with Crippen LogP contribution in [-0.2, 0) is 35.5 Å². The van der Waals surface area contributed by atoms with Gasteiger partial charge < -0.3 is 5.32 Å². The van der Waals surface area contributed by atoms with Crippen LogP contribution in [0.3, 0.4) is 0 Å². The van der Waals surface area contributed by atoms with Crippen LogP contribution in [0.15, 0.2) is 73.2 Å². The Kier molecular flexibility index (Phi) is 8.96. The van der Waals surface area contributed by atoms with Crippen molar-refractivity contribution in [1.82, 2.24) is 19.9 Å². The summed E-state index contributed by atoms with van der Waals surface area (Å²) >= 11 is 0. The Hall–Kier alpha value is -4.39. The van der Waals surface area contributed by atoms with E-state index in [-0.39, 0.29) is 42.5 Å². The summed E-state index contributed by atoms with van der Waals surface area (Å²) in [5, 5.41) is 2.88. The number of pyridine rings is 2. The zero-order chi connectivity index (χ0) is 29.6. The van der Waals surface area contributed by atoms with E-state index in [0.717, 1.165) is 16.3 Å². The van der Waals surface area contributed by atoms with E-state index >= 15 is 0 Å². The van der Waals surface area contributed by atoms with E-state index in [0.29, 0.717) is 29.4 Å². The first-order valence-electron chi connectivity index (χ1n) is 12.5. The first-order valence-corrected chi connectivity index (χ1v) is 14.4. The molecule has 0 fully saturated rings. The first-order chi connectivity index (χ1) is 19.4. The number of ketones is 1. The first kappa shape index (κ1) is 29.6. The predicted octanol–water partition coefficient (Wildman–Crippen LogP) is 5.03. The second kappa shape index (κ2) is 12.4. The number of Topliss-reactive ketones (excluding diaryl/α,β-unsaturated/α-hetero) is 1. The van der Waals surface area contributed by atoms with Crippen molar-refractivity contribution in [3.63, 3.8) is 0 Å². The molecule has 0 saturated carbocycles. The summed E-state index contributed by atoms with van der Waals surface area (Å²) in [6.07, 6.45) is 0.820. The fourth-order valence-electron chi connectivity index (χ4n) is 4.02. The van der Waals surface area contributed by atoms with Crippen LogP contribution in [0.25, 0.3) is 0 Å². The van der Waals surface area contributed by atoms with Crippen LogP contribution in [0.1, 0.15) is 39.3 Å². The van der Waals surface area contributed by atoms with E-state index in [1.54, 1.807) is 48.7 Å². The van der Waals surface area contributed by atoms with Gasteiger partial charge in [0.15, 0.2) is 5.78 Å². The lowest BCUT2D eigenvalue weighted by Crippen LogP contribution is -2.27. The second-order valence-electron chi connectivity index (χ2n) is 9.21. The summed E-state index contributed by atoms with van der Waals surface area (Å²) in [5.74, 6) is 0.0130. The molecule has 0 aliphatic heterocycles. The molecule has 0 unspecified atom stereocenters. The van der Waals surface area contributed by atoms with Crippen molar-refractivity contribution < 1.29 is 26.4 Å². The van der Waals surface area contributed by atoms with E-state index in [1.807, 2.05) is 12.1 Å². The van der Waals surface area contributed by atoms with Crippen LogP contribution in [0, 0.1) is 0 Å². The van der Waals surface area contributed by atoms with Gasteiger partial charge in [-0.05, 0) is 67.3 Å². The third-order valence-electron chi connectivity index (χ3n) is 6.26. The number of carbonyl (C=O) groups is 1. The number of aryl methyl sites for hydroxylation is 3. The van der Waals surface area contributed by atoms with Crippen LogP contribution < -0.4 is 9.62 Å². The Morgan fingerprint density at radius 2 is 1.66 bits per heavy atom. The topological polar surface area (TPSA) is 118 Å². The molecule has 1 aromatic carbocycles. The molecule has 214 valence electrons. The number of aromatic nitrogens is 4. The number of sulfonamides is 1. The Morgan fingerprint density at radius 1 is 0.927 bits per heavy atom. The molecule has 0 saturated heterocycles. The molecular weight excluding hydrogens is 557 g/mol. The smallest absolute Gasteiger partial charge is 0.324 e. The number of benzene rings is 1. The van der Waals surface area contributed by atoms with Crippen molar-refractivity contribution in [3.8, 4) is 0 Å². The van der Waals surface area contributed by atoms with Crippen LogP contribution in [-0.4, -0.2) is 47.4 Å². The van der Waals surface area contributed by atoms with Gasteiger partial charge in [-0.1, -0.05) is 12.1 Å². The van der Waals surface area contributed by atoms with Gasteiger partial charge >= 0.3 is 6.18 Å². The van der Waals surface area contributed by atoms with Crippen molar-refractivity contribution >= 4 is 33.3 Å². The normalized spacial score (nSPS) is 11.7. The van der Waals surface area contributed by atoms with Gasteiger partial charge in [0.1, 0.15) is 5.82 Å². The highest BCUT2D eigenvalue weighted by Crippen LogP contribution is 2.32. The number of hydrogen-bond donors (Lipinski definition) is 1. The summed E-state index contributed by atoms with van der Waals surface area (Å²) in [6, 6.07) is 15.2. The molecule has 0 bridgehead atoms. The standard InChI is InChI=1S/C28H27F3N6O3S/c1-37(41(2,39)40)26-20(6-5-17-33-26)10-14-24-23(28(29,30)31)18-34-27(36-24)35-22-11-8-19(9-12-22)25(38)15-13-21-7-3-4-16-32-21/h3-9,11-12,16-18H,10,13-15H2,1-2H3,(H,34,35,36). The Balaban J connectivity index is 1.49.